The van der Waals surface area contributed by atoms with Crippen LogP contribution in [0.3, 0.4) is 0 Å². The van der Waals surface area contributed by atoms with Crippen molar-refractivity contribution in [2.45, 2.75) is 63.9 Å². The minimum atomic E-state index is -4.20. The molecule has 5 nitrogen and oxygen atoms in total. The van der Waals surface area contributed by atoms with E-state index in [9.17, 15) is 18.6 Å². The van der Waals surface area contributed by atoms with Gasteiger partial charge in [0.1, 0.15) is 16.4 Å². The van der Waals surface area contributed by atoms with Crippen LogP contribution in [0.1, 0.15) is 78.5 Å². The molecule has 2 N–H and O–H groups in total. The Hall–Kier alpha value is -0.870. The van der Waals surface area contributed by atoms with Gasteiger partial charge in [-0.15, -0.1) is 0 Å². The molecule has 3 aromatic carbocycles. The second-order valence-electron chi connectivity index (χ2n) is 9.72. The Morgan fingerprint density at radius 1 is 0.806 bits per heavy atom. The average molecular weight is 648 g/mol. The molecule has 36 heavy (non-hydrogen) atoms. The molecule has 1 heterocycles. The molecule has 4 rings (SSSR count). The molecule has 9 heteroatoms. The van der Waals surface area contributed by atoms with Crippen molar-refractivity contribution in [3.05, 3.63) is 84.3 Å². The van der Waals surface area contributed by atoms with E-state index in [1.165, 1.54) is 0 Å². The van der Waals surface area contributed by atoms with Crippen molar-refractivity contribution < 1.29 is 22.8 Å². The second kappa shape index (κ2) is 10.4. The summed E-state index contributed by atoms with van der Waals surface area (Å²) in [6, 6.07) is 10.6. The van der Waals surface area contributed by atoms with Gasteiger partial charge in [-0.2, -0.15) is 8.42 Å². The number of rotatable bonds is 4. The number of hydrogen-bond acceptors (Lipinski definition) is 5. The van der Waals surface area contributed by atoms with Crippen LogP contribution in [-0.2, 0) is 19.9 Å². The van der Waals surface area contributed by atoms with Gasteiger partial charge in [-0.3, -0.25) is 0 Å². The number of phenolic OH excluding ortho intramolecular Hbond substituents is 2. The van der Waals surface area contributed by atoms with Gasteiger partial charge in [-0.05, 0) is 121 Å². The van der Waals surface area contributed by atoms with Gasteiger partial charge in [0.25, 0.3) is 10.1 Å². The average Bonchev–Trinajstić information content (AvgIpc) is 3.01. The van der Waals surface area contributed by atoms with Crippen molar-refractivity contribution >= 4 is 71.5 Å². The summed E-state index contributed by atoms with van der Waals surface area (Å²) in [5, 5.41) is 21.1. The summed E-state index contributed by atoms with van der Waals surface area (Å²) in [5.41, 5.74) is 3.01. The van der Waals surface area contributed by atoms with Gasteiger partial charge in [0.2, 0.25) is 0 Å². The molecule has 1 aliphatic heterocycles. The molecule has 0 fully saturated rings. The molecule has 0 saturated heterocycles. The van der Waals surface area contributed by atoms with Crippen LogP contribution in [0.15, 0.2) is 50.2 Å². The van der Waals surface area contributed by atoms with E-state index in [0.29, 0.717) is 36.8 Å². The van der Waals surface area contributed by atoms with E-state index < -0.39 is 15.7 Å². The third-order valence-electron chi connectivity index (χ3n) is 6.65. The van der Waals surface area contributed by atoms with Gasteiger partial charge in [-0.1, -0.05) is 33.8 Å². The number of aryl methyl sites for hydroxylation is 2. The molecule has 0 unspecified atom stereocenters. The Kier molecular flexibility index (Phi) is 8.54. The summed E-state index contributed by atoms with van der Waals surface area (Å²) >= 11 is 6.90. The third-order valence-corrected chi connectivity index (χ3v) is 10.3. The normalized spacial score (nSPS) is 15.7. The third kappa shape index (κ3) is 4.61. The van der Waals surface area contributed by atoms with Gasteiger partial charge in [0.05, 0.1) is 4.47 Å². The van der Waals surface area contributed by atoms with E-state index in [2.05, 4.69) is 31.9 Å². The molecule has 0 amide bonds. The summed E-state index contributed by atoms with van der Waals surface area (Å²) in [4.78, 5) is 0.0627. The Bertz CT molecular complexity index is 1400. The molecule has 0 bridgehead atoms. The first-order valence-electron chi connectivity index (χ1n) is 11.3. The maximum atomic E-state index is 13.7. The second-order valence-corrected chi connectivity index (χ2v) is 12.8. The molecule has 3 aromatic rings. The van der Waals surface area contributed by atoms with Crippen LogP contribution in [-0.4, -0.2) is 48.2 Å². The van der Waals surface area contributed by atoms with Gasteiger partial charge in [0, 0.05) is 10.0 Å². The summed E-state index contributed by atoms with van der Waals surface area (Å²) in [6.07, 6.45) is 0. The van der Waals surface area contributed by atoms with Crippen LogP contribution in [0.25, 0.3) is 0 Å². The summed E-state index contributed by atoms with van der Waals surface area (Å²) in [6.45, 7) is 11.5. The number of fused-ring (bicyclic) bond motifs is 1. The number of halogens is 2. The zero-order valence-electron chi connectivity index (χ0n) is 20.4. The maximum absolute atomic E-state index is 13.7. The number of hydrogen-bond donors (Lipinski definition) is 2. The number of aromatic hydroxyl groups is 2. The Morgan fingerprint density at radius 2 is 1.25 bits per heavy atom. The fourth-order valence-corrected chi connectivity index (χ4v) is 7.71. The van der Waals surface area contributed by atoms with Crippen molar-refractivity contribution in [3.63, 3.8) is 0 Å². The van der Waals surface area contributed by atoms with E-state index in [-0.39, 0.29) is 57.8 Å². The monoisotopic (exact) mass is 646 g/mol. The first-order chi connectivity index (χ1) is 16.2. The SMILES string of the molecule is Cc1cc(C2(c3cc(C)c(O)cc3C(C)C)OS(=O)(=O)c3c2ccc(Br)c3Br)c(C(C)C)cc1O.[NaH]. The van der Waals surface area contributed by atoms with Crippen LogP contribution in [0.2, 0.25) is 0 Å². The van der Waals surface area contributed by atoms with Gasteiger partial charge < -0.3 is 10.2 Å². The summed E-state index contributed by atoms with van der Waals surface area (Å²) < 4.78 is 34.6. The van der Waals surface area contributed by atoms with E-state index in [1.54, 1.807) is 38.1 Å². The van der Waals surface area contributed by atoms with Crippen molar-refractivity contribution in [1.82, 2.24) is 0 Å². The van der Waals surface area contributed by atoms with Crippen molar-refractivity contribution in [3.8, 4) is 11.5 Å². The molecule has 0 radical (unpaired) electrons. The zero-order chi connectivity index (χ0) is 26.0. The standard InChI is InChI=1S/C27H28Br2O5S.Na.H/c1-13(2)17-11-23(30)15(5)9-20(17)27(21-10-16(6)24(31)12-18(21)14(3)4)19-7-8-22(28)25(29)26(19)35(32,33)34-27;;/h7-14,30-31H,1-6H3;;. The first kappa shape index (κ1) is 29.7. The summed E-state index contributed by atoms with van der Waals surface area (Å²) in [5.74, 6) is 0.194. The molecule has 0 saturated carbocycles. The molecule has 0 spiro atoms. The number of phenols is 2. The van der Waals surface area contributed by atoms with E-state index in [1.807, 2.05) is 39.8 Å². The van der Waals surface area contributed by atoms with E-state index in [0.717, 1.165) is 11.1 Å². The van der Waals surface area contributed by atoms with E-state index >= 15 is 0 Å². The van der Waals surface area contributed by atoms with Crippen LogP contribution in [0.4, 0.5) is 0 Å². The predicted octanol–water partition coefficient (Wildman–Crippen LogP) is 6.85. The molecule has 1 aliphatic rings. The van der Waals surface area contributed by atoms with Crippen LogP contribution >= 0.6 is 31.9 Å². The number of benzene rings is 3. The van der Waals surface area contributed by atoms with Gasteiger partial charge in [-0.25, -0.2) is 4.18 Å². The fourth-order valence-electron chi connectivity index (χ4n) is 4.82. The zero-order valence-corrected chi connectivity index (χ0v) is 24.4. The van der Waals surface area contributed by atoms with Crippen molar-refractivity contribution in [2.24, 2.45) is 0 Å². The van der Waals surface area contributed by atoms with Gasteiger partial charge in [0.15, 0.2) is 5.60 Å². The Morgan fingerprint density at radius 3 is 1.67 bits per heavy atom. The molecular formula is C27H29Br2NaO5S. The molecule has 188 valence electrons. The van der Waals surface area contributed by atoms with E-state index in [4.69, 9.17) is 4.18 Å². The predicted molar refractivity (Wildman–Crippen MR) is 151 cm³/mol. The topological polar surface area (TPSA) is 83.8 Å². The Labute approximate surface area is 252 Å². The molecule has 0 atom stereocenters. The molecule has 0 aliphatic carbocycles. The quantitative estimate of drug-likeness (QED) is 0.239. The van der Waals surface area contributed by atoms with Crippen LogP contribution < -0.4 is 0 Å². The van der Waals surface area contributed by atoms with Crippen LogP contribution in [0, 0.1) is 13.8 Å². The Balaban J connectivity index is 0.00000361. The minimum absolute atomic E-state index is 0. The summed E-state index contributed by atoms with van der Waals surface area (Å²) in [7, 11) is -4.20. The molecular weight excluding hydrogens is 619 g/mol. The first-order valence-corrected chi connectivity index (χ1v) is 14.3. The molecule has 0 aromatic heterocycles. The van der Waals surface area contributed by atoms with Gasteiger partial charge >= 0.3 is 29.6 Å². The van der Waals surface area contributed by atoms with Crippen molar-refractivity contribution in [1.29, 1.82) is 0 Å². The van der Waals surface area contributed by atoms with Crippen molar-refractivity contribution in [2.75, 3.05) is 0 Å². The van der Waals surface area contributed by atoms with Crippen LogP contribution in [0.5, 0.6) is 11.5 Å². The fraction of sp³-hybridized carbons (Fsp3) is 0.333.